The van der Waals surface area contributed by atoms with E-state index in [-0.39, 0.29) is 11.9 Å². The van der Waals surface area contributed by atoms with Gasteiger partial charge in [-0.25, -0.2) is 0 Å². The zero-order valence-electron chi connectivity index (χ0n) is 12.4. The lowest BCUT2D eigenvalue weighted by Crippen LogP contribution is -2.28. The fourth-order valence-electron chi connectivity index (χ4n) is 2.25. The molecule has 0 aliphatic heterocycles. The first-order valence-corrected chi connectivity index (χ1v) is 7.59. The maximum absolute atomic E-state index is 12.1. The van der Waals surface area contributed by atoms with E-state index >= 15 is 0 Å². The van der Waals surface area contributed by atoms with Gasteiger partial charge in [-0.3, -0.25) is 4.79 Å². The van der Waals surface area contributed by atoms with E-state index in [4.69, 9.17) is 11.6 Å². The second kappa shape index (κ2) is 7.28. The number of carbonyl (C=O) groups is 1. The van der Waals surface area contributed by atoms with Crippen LogP contribution in [0.3, 0.4) is 0 Å². The molecular weight excluding hydrogens is 282 g/mol. The summed E-state index contributed by atoms with van der Waals surface area (Å²) < 4.78 is 0. The van der Waals surface area contributed by atoms with E-state index < -0.39 is 0 Å². The molecule has 0 aliphatic rings. The van der Waals surface area contributed by atoms with Gasteiger partial charge < -0.3 is 5.32 Å². The van der Waals surface area contributed by atoms with Gasteiger partial charge in [0.25, 0.3) is 0 Å². The van der Waals surface area contributed by atoms with Gasteiger partial charge in [0.2, 0.25) is 5.91 Å². The second-order valence-electron chi connectivity index (χ2n) is 5.19. The Hall–Kier alpha value is -1.80. The number of amides is 1. The van der Waals surface area contributed by atoms with Crippen LogP contribution in [0.25, 0.3) is 0 Å². The molecule has 0 saturated carbocycles. The summed E-state index contributed by atoms with van der Waals surface area (Å²) in [6.45, 7) is 4.13. The van der Waals surface area contributed by atoms with E-state index in [0.717, 1.165) is 17.5 Å². The predicted molar refractivity (Wildman–Crippen MR) is 87.5 cm³/mol. The average Bonchev–Trinajstić information content (AvgIpc) is 2.47. The van der Waals surface area contributed by atoms with E-state index in [1.54, 1.807) is 6.07 Å². The zero-order chi connectivity index (χ0) is 15.2. The molecule has 3 heteroatoms. The molecule has 21 heavy (non-hydrogen) atoms. The van der Waals surface area contributed by atoms with Gasteiger partial charge in [-0.1, -0.05) is 54.9 Å². The van der Waals surface area contributed by atoms with Crippen molar-refractivity contribution in [2.75, 3.05) is 0 Å². The molecule has 0 heterocycles. The summed E-state index contributed by atoms with van der Waals surface area (Å²) in [5, 5.41) is 3.68. The van der Waals surface area contributed by atoms with Crippen LogP contribution in [0.4, 0.5) is 0 Å². The molecule has 2 aromatic rings. The van der Waals surface area contributed by atoms with Crippen LogP contribution in [0.1, 0.15) is 36.6 Å². The molecule has 2 rings (SSSR count). The van der Waals surface area contributed by atoms with Gasteiger partial charge in [-0.05, 0) is 42.2 Å². The first-order valence-electron chi connectivity index (χ1n) is 7.21. The Balaban J connectivity index is 1.95. The molecule has 0 saturated heterocycles. The molecule has 0 radical (unpaired) electrons. The molecule has 110 valence electrons. The van der Waals surface area contributed by atoms with Crippen molar-refractivity contribution in [1.82, 2.24) is 5.32 Å². The summed E-state index contributed by atoms with van der Waals surface area (Å²) in [6, 6.07) is 15.8. The molecule has 2 aromatic carbocycles. The molecule has 0 fully saturated rings. The third kappa shape index (κ3) is 4.61. The van der Waals surface area contributed by atoms with Gasteiger partial charge >= 0.3 is 0 Å². The molecule has 1 unspecified atom stereocenters. The van der Waals surface area contributed by atoms with Crippen molar-refractivity contribution in [3.8, 4) is 0 Å². The molecule has 2 nitrogen and oxygen atoms in total. The van der Waals surface area contributed by atoms with Gasteiger partial charge in [0.1, 0.15) is 0 Å². The van der Waals surface area contributed by atoms with Crippen LogP contribution in [0.5, 0.6) is 0 Å². The number of hydrogen-bond acceptors (Lipinski definition) is 1. The van der Waals surface area contributed by atoms with Crippen molar-refractivity contribution in [3.63, 3.8) is 0 Å². The van der Waals surface area contributed by atoms with Crippen molar-refractivity contribution in [2.45, 2.75) is 32.7 Å². The fraction of sp³-hybridized carbons (Fsp3) is 0.278. The van der Waals surface area contributed by atoms with Crippen molar-refractivity contribution in [2.24, 2.45) is 0 Å². The Morgan fingerprint density at radius 2 is 1.86 bits per heavy atom. The van der Waals surface area contributed by atoms with Gasteiger partial charge in [0.05, 0.1) is 12.5 Å². The fourth-order valence-corrected chi connectivity index (χ4v) is 2.46. The summed E-state index contributed by atoms with van der Waals surface area (Å²) in [5.41, 5.74) is 3.34. The van der Waals surface area contributed by atoms with Crippen LogP contribution >= 0.6 is 11.6 Å². The predicted octanol–water partition coefficient (Wildman–Crippen LogP) is 4.32. The number of benzene rings is 2. The van der Waals surface area contributed by atoms with Crippen LogP contribution < -0.4 is 5.32 Å². The second-order valence-corrected chi connectivity index (χ2v) is 5.63. The largest absolute Gasteiger partial charge is 0.349 e. The summed E-state index contributed by atoms with van der Waals surface area (Å²) >= 11 is 5.93. The maximum atomic E-state index is 12.1. The van der Waals surface area contributed by atoms with Gasteiger partial charge in [-0.2, -0.15) is 0 Å². The molecule has 0 bridgehead atoms. The highest BCUT2D eigenvalue weighted by Crippen LogP contribution is 2.15. The number of nitrogens with one attached hydrogen (secondary N) is 1. The van der Waals surface area contributed by atoms with E-state index in [1.807, 2.05) is 25.1 Å². The Kier molecular flexibility index (Phi) is 5.40. The third-order valence-corrected chi connectivity index (χ3v) is 3.75. The maximum Gasteiger partial charge on any atom is 0.224 e. The summed E-state index contributed by atoms with van der Waals surface area (Å²) in [5.74, 6) is 0.00401. The van der Waals surface area contributed by atoms with E-state index in [0.29, 0.717) is 11.4 Å². The quantitative estimate of drug-likeness (QED) is 0.875. The van der Waals surface area contributed by atoms with Gasteiger partial charge in [0, 0.05) is 5.02 Å². The van der Waals surface area contributed by atoms with Crippen molar-refractivity contribution in [3.05, 3.63) is 70.2 Å². The van der Waals surface area contributed by atoms with Crippen LogP contribution in [0.2, 0.25) is 5.02 Å². The highest BCUT2D eigenvalue weighted by atomic mass is 35.5. The lowest BCUT2D eigenvalue weighted by atomic mass is 10.0. The molecule has 1 N–H and O–H groups in total. The molecular formula is C18H20ClNO. The Morgan fingerprint density at radius 1 is 1.14 bits per heavy atom. The Bertz CT molecular complexity index is 607. The Morgan fingerprint density at radius 3 is 2.48 bits per heavy atom. The average molecular weight is 302 g/mol. The first kappa shape index (κ1) is 15.6. The van der Waals surface area contributed by atoms with E-state index in [2.05, 4.69) is 36.5 Å². The number of rotatable bonds is 5. The minimum atomic E-state index is 0.00240. The molecule has 1 atom stereocenters. The minimum absolute atomic E-state index is 0.00240. The standard InChI is InChI=1S/C18H20ClNO/c1-3-14-7-9-16(10-8-14)13(2)20-18(21)12-15-5-4-6-17(19)11-15/h4-11,13H,3,12H2,1-2H3,(H,20,21). The lowest BCUT2D eigenvalue weighted by Gasteiger charge is -2.15. The van der Waals surface area contributed by atoms with Crippen LogP contribution in [-0.4, -0.2) is 5.91 Å². The SMILES string of the molecule is CCc1ccc(C(C)NC(=O)Cc2cccc(Cl)c2)cc1. The van der Waals surface area contributed by atoms with Crippen molar-refractivity contribution >= 4 is 17.5 Å². The third-order valence-electron chi connectivity index (χ3n) is 3.52. The monoisotopic (exact) mass is 301 g/mol. The van der Waals surface area contributed by atoms with Crippen molar-refractivity contribution < 1.29 is 4.79 Å². The number of aryl methyl sites for hydroxylation is 1. The normalized spacial score (nSPS) is 12.0. The summed E-state index contributed by atoms with van der Waals surface area (Å²) in [4.78, 5) is 12.1. The molecule has 1 amide bonds. The lowest BCUT2D eigenvalue weighted by molar-refractivity contribution is -0.121. The molecule has 0 aliphatic carbocycles. The minimum Gasteiger partial charge on any atom is -0.349 e. The van der Waals surface area contributed by atoms with Gasteiger partial charge in [-0.15, -0.1) is 0 Å². The topological polar surface area (TPSA) is 29.1 Å². The molecule has 0 aromatic heterocycles. The highest BCUT2D eigenvalue weighted by molar-refractivity contribution is 6.30. The zero-order valence-corrected chi connectivity index (χ0v) is 13.2. The van der Waals surface area contributed by atoms with Gasteiger partial charge in [0.15, 0.2) is 0 Å². The van der Waals surface area contributed by atoms with Crippen LogP contribution in [0.15, 0.2) is 48.5 Å². The number of carbonyl (C=O) groups excluding carboxylic acids is 1. The smallest absolute Gasteiger partial charge is 0.224 e. The summed E-state index contributed by atoms with van der Waals surface area (Å²) in [6.07, 6.45) is 1.37. The van der Waals surface area contributed by atoms with Crippen LogP contribution in [0, 0.1) is 0 Å². The highest BCUT2D eigenvalue weighted by Gasteiger charge is 2.10. The van der Waals surface area contributed by atoms with Crippen LogP contribution in [-0.2, 0) is 17.6 Å². The van der Waals surface area contributed by atoms with E-state index in [9.17, 15) is 4.79 Å². The molecule has 0 spiro atoms. The Labute approximate surface area is 131 Å². The number of halogens is 1. The number of hydrogen-bond donors (Lipinski definition) is 1. The van der Waals surface area contributed by atoms with E-state index in [1.165, 1.54) is 5.56 Å². The summed E-state index contributed by atoms with van der Waals surface area (Å²) in [7, 11) is 0. The first-order chi connectivity index (χ1) is 10.1. The van der Waals surface area contributed by atoms with Crippen molar-refractivity contribution in [1.29, 1.82) is 0 Å².